The van der Waals surface area contributed by atoms with Gasteiger partial charge in [-0.1, -0.05) is 18.2 Å². The number of fused-ring (bicyclic) bond motifs is 1. The van der Waals surface area contributed by atoms with Gasteiger partial charge in [0.2, 0.25) is 11.8 Å². The molecule has 2 heterocycles. The van der Waals surface area contributed by atoms with E-state index in [0.29, 0.717) is 29.2 Å². The van der Waals surface area contributed by atoms with Gasteiger partial charge in [0, 0.05) is 29.5 Å². The lowest BCUT2D eigenvalue weighted by Gasteiger charge is -2.32. The van der Waals surface area contributed by atoms with E-state index in [1.807, 2.05) is 0 Å². The number of nitrogens with one attached hydrogen (secondary N) is 1. The van der Waals surface area contributed by atoms with Gasteiger partial charge in [0.15, 0.2) is 6.10 Å². The number of aromatic nitrogens is 2. The standard InChI is InChI=1S/C20H19ClF3N3O4/c1-10(18-26-27-19(30-18)12-7-14(8-12)31-20(22,23)24)4-5-25-17(28)16-9-11-6-13(21)2-3-15(11)29-16/h2-3,6,12,14,16H,1,4-5,7-9H2,(H,25,28)/t12-,14+,16-/m1/s1. The molecule has 1 fully saturated rings. The molecular weight excluding hydrogens is 439 g/mol. The van der Waals surface area contributed by atoms with Crippen molar-refractivity contribution in [1.29, 1.82) is 0 Å². The van der Waals surface area contributed by atoms with Gasteiger partial charge in [-0.25, -0.2) is 0 Å². The van der Waals surface area contributed by atoms with E-state index in [-0.39, 0.29) is 43.0 Å². The number of rotatable bonds is 7. The van der Waals surface area contributed by atoms with Crippen LogP contribution in [-0.2, 0) is 16.0 Å². The molecule has 1 saturated carbocycles. The van der Waals surface area contributed by atoms with Crippen LogP contribution < -0.4 is 10.1 Å². The molecule has 31 heavy (non-hydrogen) atoms. The van der Waals surface area contributed by atoms with Gasteiger partial charge in [-0.15, -0.1) is 23.4 Å². The van der Waals surface area contributed by atoms with Gasteiger partial charge in [-0.2, -0.15) is 0 Å². The topological polar surface area (TPSA) is 86.5 Å². The minimum absolute atomic E-state index is 0.165. The molecule has 1 aromatic heterocycles. The summed E-state index contributed by atoms with van der Waals surface area (Å²) in [5.74, 6) is 0.583. The summed E-state index contributed by atoms with van der Waals surface area (Å²) in [5.41, 5.74) is 1.40. The van der Waals surface area contributed by atoms with Gasteiger partial charge in [0.1, 0.15) is 5.75 Å². The van der Waals surface area contributed by atoms with Crippen LogP contribution in [0, 0.1) is 0 Å². The zero-order valence-corrected chi connectivity index (χ0v) is 17.0. The molecule has 0 spiro atoms. The molecule has 4 rings (SSSR count). The van der Waals surface area contributed by atoms with Crippen molar-refractivity contribution >= 4 is 23.1 Å². The van der Waals surface area contributed by atoms with E-state index < -0.39 is 18.6 Å². The molecule has 0 unspecified atom stereocenters. The predicted molar refractivity (Wildman–Crippen MR) is 103 cm³/mol. The number of nitrogens with zero attached hydrogens (tertiary/aromatic N) is 2. The molecular formula is C20H19ClF3N3O4. The number of carbonyl (C=O) groups excluding carboxylic acids is 1. The summed E-state index contributed by atoms with van der Waals surface area (Å²) in [5, 5.41) is 11.2. The molecule has 1 aliphatic carbocycles. The van der Waals surface area contributed by atoms with Crippen LogP contribution in [-0.4, -0.2) is 41.2 Å². The minimum Gasteiger partial charge on any atom is -0.480 e. The molecule has 0 bridgehead atoms. The lowest BCUT2D eigenvalue weighted by atomic mass is 9.82. The van der Waals surface area contributed by atoms with Crippen molar-refractivity contribution < 1.29 is 31.9 Å². The fourth-order valence-corrected chi connectivity index (χ4v) is 3.71. The Labute approximate surface area is 180 Å². The smallest absolute Gasteiger partial charge is 0.480 e. The number of hydrogen-bond donors (Lipinski definition) is 1. The Kier molecular flexibility index (Phi) is 5.94. The van der Waals surface area contributed by atoms with E-state index in [4.69, 9.17) is 20.8 Å². The number of alkyl halides is 3. The van der Waals surface area contributed by atoms with Crippen LogP contribution in [0.15, 0.2) is 29.2 Å². The largest absolute Gasteiger partial charge is 0.522 e. The number of halogens is 4. The molecule has 1 amide bonds. The highest BCUT2D eigenvalue weighted by Gasteiger charge is 2.42. The van der Waals surface area contributed by atoms with Crippen LogP contribution in [0.25, 0.3) is 5.57 Å². The van der Waals surface area contributed by atoms with E-state index in [2.05, 4.69) is 26.8 Å². The van der Waals surface area contributed by atoms with E-state index in [1.54, 1.807) is 18.2 Å². The van der Waals surface area contributed by atoms with Gasteiger partial charge in [-0.3, -0.25) is 9.53 Å². The van der Waals surface area contributed by atoms with E-state index in [9.17, 15) is 18.0 Å². The average molecular weight is 458 g/mol. The Morgan fingerprint density at radius 3 is 2.84 bits per heavy atom. The third kappa shape index (κ3) is 5.19. The van der Waals surface area contributed by atoms with Gasteiger partial charge >= 0.3 is 6.36 Å². The summed E-state index contributed by atoms with van der Waals surface area (Å²) in [6, 6.07) is 5.22. The van der Waals surface area contributed by atoms with Crippen molar-refractivity contribution in [1.82, 2.24) is 15.5 Å². The Morgan fingerprint density at radius 1 is 1.32 bits per heavy atom. The first-order valence-electron chi connectivity index (χ1n) is 9.67. The Morgan fingerprint density at radius 2 is 2.10 bits per heavy atom. The maximum absolute atomic E-state index is 12.3. The van der Waals surface area contributed by atoms with Gasteiger partial charge in [-0.05, 0) is 43.0 Å². The fourth-order valence-electron chi connectivity index (χ4n) is 3.52. The van der Waals surface area contributed by atoms with Crippen LogP contribution in [0.1, 0.15) is 42.5 Å². The van der Waals surface area contributed by atoms with E-state index in [1.165, 1.54) is 0 Å². The van der Waals surface area contributed by atoms with Crippen molar-refractivity contribution in [3.63, 3.8) is 0 Å². The molecule has 2 aliphatic rings. The Hall–Kier alpha value is -2.59. The zero-order chi connectivity index (χ0) is 22.2. The quantitative estimate of drug-likeness (QED) is 0.675. The summed E-state index contributed by atoms with van der Waals surface area (Å²) < 4.78 is 51.7. The second-order valence-corrected chi connectivity index (χ2v) is 7.94. The predicted octanol–water partition coefficient (Wildman–Crippen LogP) is 4.03. The number of carbonyl (C=O) groups is 1. The molecule has 166 valence electrons. The van der Waals surface area contributed by atoms with Crippen LogP contribution in [0.5, 0.6) is 5.75 Å². The molecule has 1 N–H and O–H groups in total. The number of ether oxygens (including phenoxy) is 2. The first kappa shape index (κ1) is 21.6. The molecule has 7 nitrogen and oxygen atoms in total. The van der Waals surface area contributed by atoms with Gasteiger partial charge in [0.25, 0.3) is 5.91 Å². The lowest BCUT2D eigenvalue weighted by molar-refractivity contribution is -0.352. The van der Waals surface area contributed by atoms with Crippen LogP contribution in [0.4, 0.5) is 13.2 Å². The molecule has 11 heteroatoms. The number of amides is 1. The van der Waals surface area contributed by atoms with Crippen LogP contribution in [0.2, 0.25) is 5.02 Å². The first-order chi connectivity index (χ1) is 14.7. The molecule has 2 aromatic rings. The van der Waals surface area contributed by atoms with Crippen molar-refractivity contribution in [3.8, 4) is 5.75 Å². The third-order valence-electron chi connectivity index (χ3n) is 5.20. The molecule has 1 aliphatic heterocycles. The second kappa shape index (κ2) is 8.51. The highest BCUT2D eigenvalue weighted by atomic mass is 35.5. The Balaban J connectivity index is 1.20. The zero-order valence-electron chi connectivity index (χ0n) is 16.2. The van der Waals surface area contributed by atoms with Gasteiger partial charge < -0.3 is 14.5 Å². The monoisotopic (exact) mass is 457 g/mol. The maximum atomic E-state index is 12.3. The second-order valence-electron chi connectivity index (χ2n) is 7.51. The van der Waals surface area contributed by atoms with E-state index >= 15 is 0 Å². The molecule has 1 aromatic carbocycles. The van der Waals surface area contributed by atoms with Crippen molar-refractivity contribution in [2.24, 2.45) is 0 Å². The van der Waals surface area contributed by atoms with Crippen molar-refractivity contribution in [3.05, 3.63) is 47.1 Å². The summed E-state index contributed by atoms with van der Waals surface area (Å²) in [4.78, 5) is 12.3. The van der Waals surface area contributed by atoms with Crippen molar-refractivity contribution in [2.45, 2.75) is 50.2 Å². The first-order valence-corrected chi connectivity index (χ1v) is 10.0. The van der Waals surface area contributed by atoms with Crippen molar-refractivity contribution in [2.75, 3.05) is 6.54 Å². The fraction of sp³-hybridized carbons (Fsp3) is 0.450. The summed E-state index contributed by atoms with van der Waals surface area (Å²) in [6.45, 7) is 4.16. The lowest BCUT2D eigenvalue weighted by Crippen LogP contribution is -2.37. The van der Waals surface area contributed by atoms with Crippen LogP contribution in [0.3, 0.4) is 0 Å². The highest BCUT2D eigenvalue weighted by molar-refractivity contribution is 6.30. The molecule has 0 saturated heterocycles. The minimum atomic E-state index is -4.65. The molecule has 0 radical (unpaired) electrons. The normalized spacial score (nSPS) is 22.4. The number of benzene rings is 1. The summed E-state index contributed by atoms with van der Waals surface area (Å²) >= 11 is 5.96. The average Bonchev–Trinajstić information content (AvgIpc) is 3.30. The van der Waals surface area contributed by atoms with Gasteiger partial charge in [0.05, 0.1) is 6.10 Å². The highest BCUT2D eigenvalue weighted by Crippen LogP contribution is 2.41. The Bertz CT molecular complexity index is 988. The summed E-state index contributed by atoms with van der Waals surface area (Å²) in [6.07, 6.45) is -5.02. The third-order valence-corrected chi connectivity index (χ3v) is 5.44. The van der Waals surface area contributed by atoms with E-state index in [0.717, 1.165) is 5.56 Å². The summed E-state index contributed by atoms with van der Waals surface area (Å²) in [7, 11) is 0. The SMILES string of the molecule is C=C(CCNC(=O)[C@H]1Cc2cc(Cl)ccc2O1)c1nnc([C@H]2C[C@@H](OC(F)(F)F)C2)o1. The maximum Gasteiger partial charge on any atom is 0.522 e. The van der Waals surface area contributed by atoms with Crippen LogP contribution >= 0.6 is 11.6 Å². The molecule has 1 atom stereocenters. The number of hydrogen-bond acceptors (Lipinski definition) is 6.